The molecule has 3 N–H and O–H groups in total. The van der Waals surface area contributed by atoms with Gasteiger partial charge < -0.3 is 20.7 Å². The number of anilines is 1. The lowest BCUT2D eigenvalue weighted by molar-refractivity contribution is -0.129. The highest BCUT2D eigenvalue weighted by Crippen LogP contribution is 2.14. The Morgan fingerprint density at radius 1 is 1.12 bits per heavy atom. The molecule has 8 nitrogen and oxygen atoms in total. The lowest BCUT2D eigenvalue weighted by Gasteiger charge is -2.18. The molecule has 0 aliphatic rings. The number of carbonyl (C=O) groups is 3. The first kappa shape index (κ1) is 20.4. The Kier molecular flexibility index (Phi) is 8.42. The maximum Gasteiger partial charge on any atom is 0.242 e. The van der Waals surface area contributed by atoms with Crippen LogP contribution in [0.2, 0.25) is 0 Å². The predicted octanol–water partition coefficient (Wildman–Crippen LogP) is 0.206. The van der Waals surface area contributed by atoms with Gasteiger partial charge in [0.05, 0.1) is 20.2 Å². The Morgan fingerprint density at radius 3 is 2.28 bits per heavy atom. The van der Waals surface area contributed by atoms with Crippen molar-refractivity contribution in [3.8, 4) is 5.75 Å². The van der Waals surface area contributed by atoms with Crippen LogP contribution in [-0.4, -0.2) is 62.5 Å². The Morgan fingerprint density at radius 2 is 1.72 bits per heavy atom. The molecule has 0 saturated carbocycles. The lowest BCUT2D eigenvalue weighted by Crippen LogP contribution is -2.48. The van der Waals surface area contributed by atoms with Crippen LogP contribution >= 0.6 is 0 Å². The summed E-state index contributed by atoms with van der Waals surface area (Å²) in [4.78, 5) is 37.0. The number of likely N-dealkylation sites (N-methyl/N-ethyl adjacent to an activating group) is 2. The van der Waals surface area contributed by atoms with Crippen molar-refractivity contribution < 1.29 is 19.1 Å². The van der Waals surface area contributed by atoms with Gasteiger partial charge in [-0.2, -0.15) is 0 Å². The first-order chi connectivity index (χ1) is 11.8. The van der Waals surface area contributed by atoms with Gasteiger partial charge in [-0.25, -0.2) is 0 Å². The summed E-state index contributed by atoms with van der Waals surface area (Å²) in [6.07, 6.45) is 0. The van der Waals surface area contributed by atoms with E-state index in [1.807, 2.05) is 6.92 Å². The van der Waals surface area contributed by atoms with E-state index in [-0.39, 0.29) is 30.8 Å². The number of methoxy groups -OCH3 is 1. The molecule has 8 heteroatoms. The summed E-state index contributed by atoms with van der Waals surface area (Å²) in [5.41, 5.74) is 0.647. The van der Waals surface area contributed by atoms with Gasteiger partial charge >= 0.3 is 0 Å². The molecule has 3 amide bonds. The highest BCUT2D eigenvalue weighted by atomic mass is 16.5. The summed E-state index contributed by atoms with van der Waals surface area (Å²) < 4.78 is 5.05. The summed E-state index contributed by atoms with van der Waals surface area (Å²) in [6.45, 7) is 3.99. The molecule has 0 bridgehead atoms. The average molecular weight is 350 g/mol. The predicted molar refractivity (Wildman–Crippen MR) is 95.4 cm³/mol. The van der Waals surface area contributed by atoms with Crippen molar-refractivity contribution in [2.24, 2.45) is 0 Å². The van der Waals surface area contributed by atoms with Crippen molar-refractivity contribution in [1.29, 1.82) is 0 Å². The third-order valence-electron chi connectivity index (χ3n) is 3.32. The minimum atomic E-state index is -0.617. The van der Waals surface area contributed by atoms with Crippen molar-refractivity contribution in [3.05, 3.63) is 24.3 Å². The van der Waals surface area contributed by atoms with Crippen LogP contribution in [0.15, 0.2) is 24.3 Å². The summed E-state index contributed by atoms with van der Waals surface area (Å²) >= 11 is 0. The standard InChI is InChI=1S/C17H26N4O4/c1-5-18-17(24)12(2)19-15(22)10-21(3)11-16(23)20-13-6-8-14(25-4)9-7-13/h6-9,12H,5,10-11H2,1-4H3,(H,18,24)(H,19,22)(H,20,23)/t12-/m0/s1. The molecule has 0 heterocycles. The van der Waals surface area contributed by atoms with Crippen molar-refractivity contribution >= 4 is 23.4 Å². The lowest BCUT2D eigenvalue weighted by atomic mass is 10.3. The van der Waals surface area contributed by atoms with Crippen LogP contribution in [0.25, 0.3) is 0 Å². The maximum absolute atomic E-state index is 12.0. The van der Waals surface area contributed by atoms with Crippen LogP contribution < -0.4 is 20.7 Å². The molecule has 1 aromatic rings. The molecule has 25 heavy (non-hydrogen) atoms. The molecule has 1 atom stereocenters. The Balaban J connectivity index is 2.39. The summed E-state index contributed by atoms with van der Waals surface area (Å²) in [5, 5.41) is 7.97. The average Bonchev–Trinajstić information content (AvgIpc) is 2.55. The van der Waals surface area contributed by atoms with Crippen LogP contribution in [-0.2, 0) is 14.4 Å². The Labute approximate surface area is 147 Å². The van der Waals surface area contributed by atoms with Gasteiger partial charge in [-0.05, 0) is 45.2 Å². The van der Waals surface area contributed by atoms with E-state index in [0.29, 0.717) is 18.0 Å². The van der Waals surface area contributed by atoms with Crippen LogP contribution in [0.3, 0.4) is 0 Å². The third-order valence-corrected chi connectivity index (χ3v) is 3.32. The maximum atomic E-state index is 12.0. The molecular formula is C17H26N4O4. The summed E-state index contributed by atoms with van der Waals surface area (Å²) in [5.74, 6) is -0.0977. The van der Waals surface area contributed by atoms with Gasteiger partial charge in [0.2, 0.25) is 17.7 Å². The highest BCUT2D eigenvalue weighted by Gasteiger charge is 2.16. The number of ether oxygens (including phenoxy) is 1. The summed E-state index contributed by atoms with van der Waals surface area (Å²) in [6, 6.07) is 6.34. The number of rotatable bonds is 9. The Hall–Kier alpha value is -2.61. The van der Waals surface area contributed by atoms with Gasteiger partial charge in [-0.15, -0.1) is 0 Å². The number of hydrogen-bond acceptors (Lipinski definition) is 5. The van der Waals surface area contributed by atoms with Crippen molar-refractivity contribution in [3.63, 3.8) is 0 Å². The second kappa shape index (κ2) is 10.3. The molecule has 0 fully saturated rings. The normalized spacial score (nSPS) is 11.6. The number of amides is 3. The van der Waals surface area contributed by atoms with E-state index in [0.717, 1.165) is 0 Å². The zero-order valence-electron chi connectivity index (χ0n) is 15.1. The van der Waals surface area contributed by atoms with E-state index in [1.54, 1.807) is 50.2 Å². The smallest absolute Gasteiger partial charge is 0.242 e. The second-order valence-corrected chi connectivity index (χ2v) is 5.63. The molecule has 138 valence electrons. The first-order valence-electron chi connectivity index (χ1n) is 8.05. The molecule has 1 aromatic carbocycles. The van der Waals surface area contributed by atoms with Crippen molar-refractivity contribution in [1.82, 2.24) is 15.5 Å². The molecule has 0 aromatic heterocycles. The topological polar surface area (TPSA) is 99.8 Å². The molecule has 0 radical (unpaired) electrons. The number of benzene rings is 1. The number of hydrogen-bond donors (Lipinski definition) is 3. The van der Waals surface area contributed by atoms with Gasteiger partial charge in [-0.1, -0.05) is 0 Å². The van der Waals surface area contributed by atoms with Gasteiger partial charge in [0.15, 0.2) is 0 Å². The molecule has 0 unspecified atom stereocenters. The molecule has 0 saturated heterocycles. The van der Waals surface area contributed by atoms with E-state index < -0.39 is 6.04 Å². The minimum absolute atomic E-state index is 0.0137. The van der Waals surface area contributed by atoms with E-state index in [2.05, 4.69) is 16.0 Å². The monoisotopic (exact) mass is 350 g/mol. The number of nitrogens with one attached hydrogen (secondary N) is 3. The fraction of sp³-hybridized carbons (Fsp3) is 0.471. The summed E-state index contributed by atoms with van der Waals surface area (Å²) in [7, 11) is 3.23. The van der Waals surface area contributed by atoms with Gasteiger partial charge in [-0.3, -0.25) is 19.3 Å². The quantitative estimate of drug-likeness (QED) is 0.591. The van der Waals surface area contributed by atoms with E-state index in [4.69, 9.17) is 4.74 Å². The Bertz CT molecular complexity index is 589. The van der Waals surface area contributed by atoms with Crippen LogP contribution in [0.4, 0.5) is 5.69 Å². The van der Waals surface area contributed by atoms with E-state index >= 15 is 0 Å². The van der Waals surface area contributed by atoms with Crippen LogP contribution in [0.1, 0.15) is 13.8 Å². The molecule has 0 aliphatic carbocycles. The SMILES string of the molecule is CCNC(=O)[C@H](C)NC(=O)CN(C)CC(=O)Nc1ccc(OC)cc1. The molecule has 0 spiro atoms. The second-order valence-electron chi connectivity index (χ2n) is 5.63. The fourth-order valence-electron chi connectivity index (χ4n) is 2.10. The number of nitrogens with zero attached hydrogens (tertiary/aromatic N) is 1. The van der Waals surface area contributed by atoms with Crippen molar-refractivity contribution in [2.75, 3.05) is 39.1 Å². The molecule has 1 rings (SSSR count). The highest BCUT2D eigenvalue weighted by molar-refractivity contribution is 5.93. The largest absolute Gasteiger partial charge is 0.497 e. The van der Waals surface area contributed by atoms with Crippen LogP contribution in [0, 0.1) is 0 Å². The van der Waals surface area contributed by atoms with E-state index in [9.17, 15) is 14.4 Å². The van der Waals surface area contributed by atoms with Gasteiger partial charge in [0.1, 0.15) is 11.8 Å². The number of carbonyl (C=O) groups excluding carboxylic acids is 3. The van der Waals surface area contributed by atoms with Gasteiger partial charge in [0, 0.05) is 12.2 Å². The van der Waals surface area contributed by atoms with E-state index in [1.165, 1.54) is 0 Å². The zero-order valence-corrected chi connectivity index (χ0v) is 15.1. The third kappa shape index (κ3) is 7.67. The molecule has 0 aliphatic heterocycles. The van der Waals surface area contributed by atoms with Crippen LogP contribution in [0.5, 0.6) is 5.75 Å². The van der Waals surface area contributed by atoms with Crippen molar-refractivity contribution in [2.45, 2.75) is 19.9 Å². The fourth-order valence-corrected chi connectivity index (χ4v) is 2.10. The molecular weight excluding hydrogens is 324 g/mol. The first-order valence-corrected chi connectivity index (χ1v) is 8.05. The van der Waals surface area contributed by atoms with Gasteiger partial charge in [0.25, 0.3) is 0 Å². The zero-order chi connectivity index (χ0) is 18.8. The minimum Gasteiger partial charge on any atom is -0.497 e.